The van der Waals surface area contributed by atoms with E-state index in [1.807, 2.05) is 0 Å². The Labute approximate surface area is 145 Å². The summed E-state index contributed by atoms with van der Waals surface area (Å²) in [6.45, 7) is 0.122. The largest absolute Gasteiger partial charge is 0.496 e. The van der Waals surface area contributed by atoms with Gasteiger partial charge in [-0.05, 0) is 42.0 Å². The molecule has 1 amide bonds. The molecule has 25 heavy (non-hydrogen) atoms. The SMILES string of the molecule is COc1ccc(CNC(=O)c2ccc(S(C)(=O)=O)cc2)cc1C(=O)O. The highest BCUT2D eigenvalue weighted by atomic mass is 32.2. The van der Waals surface area contributed by atoms with E-state index in [1.165, 1.54) is 43.5 Å². The fourth-order valence-electron chi connectivity index (χ4n) is 2.17. The van der Waals surface area contributed by atoms with Crippen molar-refractivity contribution in [3.63, 3.8) is 0 Å². The molecular weight excluding hydrogens is 346 g/mol. The van der Waals surface area contributed by atoms with Crippen molar-refractivity contribution in [1.82, 2.24) is 5.32 Å². The minimum atomic E-state index is -3.32. The van der Waals surface area contributed by atoms with Crippen molar-refractivity contribution in [2.75, 3.05) is 13.4 Å². The molecule has 0 aliphatic carbocycles. The molecule has 0 unspecified atom stereocenters. The number of amides is 1. The topological polar surface area (TPSA) is 110 Å². The second kappa shape index (κ2) is 7.35. The summed E-state index contributed by atoms with van der Waals surface area (Å²) in [5, 5.41) is 11.8. The van der Waals surface area contributed by atoms with E-state index in [0.717, 1.165) is 6.26 Å². The van der Waals surface area contributed by atoms with Gasteiger partial charge in [0.25, 0.3) is 5.91 Å². The van der Waals surface area contributed by atoms with Gasteiger partial charge in [0.1, 0.15) is 11.3 Å². The number of ether oxygens (including phenoxy) is 1. The molecule has 0 aromatic heterocycles. The predicted octanol–water partition coefficient (Wildman–Crippen LogP) is 1.73. The van der Waals surface area contributed by atoms with Crippen LogP contribution in [0.2, 0.25) is 0 Å². The van der Waals surface area contributed by atoms with Crippen molar-refractivity contribution in [2.24, 2.45) is 0 Å². The first-order valence-corrected chi connectivity index (χ1v) is 9.10. The van der Waals surface area contributed by atoms with Crippen LogP contribution in [0.25, 0.3) is 0 Å². The summed E-state index contributed by atoms with van der Waals surface area (Å²) in [6, 6.07) is 10.2. The Morgan fingerprint density at radius 1 is 1.12 bits per heavy atom. The number of sulfone groups is 1. The van der Waals surface area contributed by atoms with E-state index in [4.69, 9.17) is 9.84 Å². The van der Waals surface area contributed by atoms with Gasteiger partial charge >= 0.3 is 5.97 Å². The van der Waals surface area contributed by atoms with Crippen molar-refractivity contribution < 1.29 is 27.9 Å². The van der Waals surface area contributed by atoms with Crippen LogP contribution in [-0.2, 0) is 16.4 Å². The molecule has 132 valence electrons. The highest BCUT2D eigenvalue weighted by Gasteiger charge is 2.13. The van der Waals surface area contributed by atoms with Crippen LogP contribution in [0, 0.1) is 0 Å². The van der Waals surface area contributed by atoms with E-state index in [9.17, 15) is 18.0 Å². The molecule has 2 N–H and O–H groups in total. The highest BCUT2D eigenvalue weighted by Crippen LogP contribution is 2.20. The lowest BCUT2D eigenvalue weighted by atomic mass is 10.1. The molecule has 0 saturated heterocycles. The molecular formula is C17H17NO6S. The van der Waals surface area contributed by atoms with Crippen LogP contribution in [0.3, 0.4) is 0 Å². The fraction of sp³-hybridized carbons (Fsp3) is 0.176. The van der Waals surface area contributed by atoms with Gasteiger partial charge in [0.15, 0.2) is 9.84 Å². The molecule has 0 saturated carbocycles. The van der Waals surface area contributed by atoms with Gasteiger partial charge < -0.3 is 15.2 Å². The van der Waals surface area contributed by atoms with Crippen molar-refractivity contribution >= 4 is 21.7 Å². The summed E-state index contributed by atoms with van der Waals surface area (Å²) < 4.78 is 27.8. The minimum Gasteiger partial charge on any atom is -0.496 e. The quantitative estimate of drug-likeness (QED) is 0.809. The molecule has 2 rings (SSSR count). The Morgan fingerprint density at radius 3 is 2.28 bits per heavy atom. The Hall–Kier alpha value is -2.87. The lowest BCUT2D eigenvalue weighted by Crippen LogP contribution is -2.23. The van der Waals surface area contributed by atoms with E-state index >= 15 is 0 Å². The van der Waals surface area contributed by atoms with E-state index in [1.54, 1.807) is 6.07 Å². The van der Waals surface area contributed by atoms with Crippen molar-refractivity contribution in [2.45, 2.75) is 11.4 Å². The Kier molecular flexibility index (Phi) is 5.43. The van der Waals surface area contributed by atoms with Crippen LogP contribution in [0.1, 0.15) is 26.3 Å². The van der Waals surface area contributed by atoms with E-state index in [2.05, 4.69) is 5.32 Å². The maximum Gasteiger partial charge on any atom is 0.339 e. The van der Waals surface area contributed by atoms with Gasteiger partial charge in [-0.3, -0.25) is 4.79 Å². The molecule has 0 bridgehead atoms. The number of carbonyl (C=O) groups is 2. The summed E-state index contributed by atoms with van der Waals surface area (Å²) in [7, 11) is -1.94. The molecule has 0 atom stereocenters. The Bertz CT molecular complexity index is 903. The second-order valence-electron chi connectivity index (χ2n) is 5.32. The summed E-state index contributed by atoms with van der Waals surface area (Å²) in [4.78, 5) is 23.4. The highest BCUT2D eigenvalue weighted by molar-refractivity contribution is 7.90. The van der Waals surface area contributed by atoms with Crippen molar-refractivity contribution in [1.29, 1.82) is 0 Å². The molecule has 0 fully saturated rings. The maximum absolute atomic E-state index is 12.1. The molecule has 0 aliphatic heterocycles. The van der Waals surface area contributed by atoms with Gasteiger partial charge in [0.2, 0.25) is 0 Å². The minimum absolute atomic E-state index is 0.00625. The lowest BCUT2D eigenvalue weighted by Gasteiger charge is -2.09. The summed E-state index contributed by atoms with van der Waals surface area (Å²) >= 11 is 0. The zero-order valence-corrected chi connectivity index (χ0v) is 14.5. The monoisotopic (exact) mass is 363 g/mol. The zero-order chi connectivity index (χ0) is 18.6. The molecule has 2 aromatic rings. The summed E-state index contributed by atoms with van der Waals surface area (Å²) in [5.41, 5.74) is 0.908. The predicted molar refractivity (Wildman–Crippen MR) is 90.7 cm³/mol. The number of rotatable bonds is 6. The molecule has 0 spiro atoms. The van der Waals surface area contributed by atoms with Crippen LogP contribution in [-0.4, -0.2) is 38.8 Å². The number of hydrogen-bond donors (Lipinski definition) is 2. The van der Waals surface area contributed by atoms with Crippen LogP contribution < -0.4 is 10.1 Å². The average Bonchev–Trinajstić information content (AvgIpc) is 2.58. The number of carboxylic acid groups (broad SMARTS) is 1. The van der Waals surface area contributed by atoms with Crippen molar-refractivity contribution in [3.05, 3.63) is 59.2 Å². The molecule has 0 radical (unpaired) electrons. The first-order valence-electron chi connectivity index (χ1n) is 7.21. The van der Waals surface area contributed by atoms with Crippen LogP contribution in [0.4, 0.5) is 0 Å². The Balaban J connectivity index is 2.09. The summed E-state index contributed by atoms with van der Waals surface area (Å²) in [6.07, 6.45) is 1.09. The van der Waals surface area contributed by atoms with E-state index in [-0.39, 0.29) is 22.8 Å². The molecule has 2 aromatic carbocycles. The third-order valence-electron chi connectivity index (χ3n) is 3.49. The van der Waals surface area contributed by atoms with Gasteiger partial charge in [0, 0.05) is 18.4 Å². The van der Waals surface area contributed by atoms with Gasteiger partial charge in [-0.1, -0.05) is 6.07 Å². The third-order valence-corrected chi connectivity index (χ3v) is 4.62. The number of nitrogens with one attached hydrogen (secondary N) is 1. The standard InChI is InChI=1S/C17H17NO6S/c1-24-15-8-3-11(9-14(15)17(20)21)10-18-16(19)12-4-6-13(7-5-12)25(2,22)23/h3-9H,10H2,1-2H3,(H,18,19)(H,20,21). The van der Waals surface area contributed by atoms with E-state index < -0.39 is 21.7 Å². The van der Waals surface area contributed by atoms with Crippen molar-refractivity contribution in [3.8, 4) is 5.75 Å². The molecule has 0 heterocycles. The number of benzene rings is 2. The number of carbonyl (C=O) groups excluding carboxylic acids is 1. The number of hydrogen-bond acceptors (Lipinski definition) is 5. The smallest absolute Gasteiger partial charge is 0.339 e. The first kappa shape index (κ1) is 18.5. The van der Waals surface area contributed by atoms with Gasteiger partial charge in [-0.25, -0.2) is 13.2 Å². The zero-order valence-electron chi connectivity index (χ0n) is 13.6. The van der Waals surface area contributed by atoms with E-state index in [0.29, 0.717) is 11.1 Å². The second-order valence-corrected chi connectivity index (χ2v) is 7.33. The van der Waals surface area contributed by atoms with Gasteiger partial charge in [-0.15, -0.1) is 0 Å². The lowest BCUT2D eigenvalue weighted by molar-refractivity contribution is 0.0693. The summed E-state index contributed by atoms with van der Waals surface area (Å²) in [5.74, 6) is -1.28. The molecule has 8 heteroatoms. The number of methoxy groups -OCH3 is 1. The van der Waals surface area contributed by atoms with Gasteiger partial charge in [0.05, 0.1) is 12.0 Å². The number of carboxylic acids is 1. The van der Waals surface area contributed by atoms with Gasteiger partial charge in [-0.2, -0.15) is 0 Å². The molecule has 7 nitrogen and oxygen atoms in total. The average molecular weight is 363 g/mol. The number of aromatic carboxylic acids is 1. The maximum atomic E-state index is 12.1. The van der Waals surface area contributed by atoms with Crippen LogP contribution in [0.15, 0.2) is 47.4 Å². The van der Waals surface area contributed by atoms with Crippen LogP contribution in [0.5, 0.6) is 5.75 Å². The first-order chi connectivity index (χ1) is 11.7. The van der Waals surface area contributed by atoms with Crippen LogP contribution >= 0.6 is 0 Å². The Morgan fingerprint density at radius 2 is 1.76 bits per heavy atom. The molecule has 0 aliphatic rings. The fourth-order valence-corrected chi connectivity index (χ4v) is 2.80. The normalized spacial score (nSPS) is 11.0. The third kappa shape index (κ3) is 4.57.